The fourth-order valence-corrected chi connectivity index (χ4v) is 2.21. The predicted octanol–water partition coefficient (Wildman–Crippen LogP) is 3.54. The molecule has 0 spiro atoms. The van der Waals surface area contributed by atoms with Crippen LogP contribution in [-0.2, 0) is 6.61 Å². The second-order valence-corrected chi connectivity index (χ2v) is 5.12. The van der Waals surface area contributed by atoms with E-state index in [-0.39, 0.29) is 5.69 Å². The largest absolute Gasteiger partial charge is 0.489 e. The summed E-state index contributed by atoms with van der Waals surface area (Å²) < 4.78 is 5.78. The van der Waals surface area contributed by atoms with Crippen molar-refractivity contribution in [2.45, 2.75) is 6.61 Å². The average Bonchev–Trinajstić information content (AvgIpc) is 2.67. The standard InChI is InChI=1S/C19H13N5O/c20-11-14-3-1-4-15(9-14)13-25-17-6-2-5-16(10-17)24-19-18(12-21)22-7-8-23-19/h1-10H,13H2,(H,23,24). The number of aromatic nitrogens is 2. The van der Waals surface area contributed by atoms with E-state index in [2.05, 4.69) is 21.4 Å². The lowest BCUT2D eigenvalue weighted by Gasteiger charge is -2.10. The van der Waals surface area contributed by atoms with Crippen molar-refractivity contribution in [1.82, 2.24) is 9.97 Å². The van der Waals surface area contributed by atoms with Crippen molar-refractivity contribution in [3.05, 3.63) is 77.7 Å². The number of nitrogens with one attached hydrogen (secondary N) is 1. The molecule has 3 rings (SSSR count). The lowest BCUT2D eigenvalue weighted by atomic mass is 10.1. The summed E-state index contributed by atoms with van der Waals surface area (Å²) in [6, 6.07) is 18.7. The van der Waals surface area contributed by atoms with Gasteiger partial charge in [0.2, 0.25) is 0 Å². The minimum atomic E-state index is 0.224. The van der Waals surface area contributed by atoms with Gasteiger partial charge in [-0.25, -0.2) is 9.97 Å². The van der Waals surface area contributed by atoms with Crippen molar-refractivity contribution in [2.75, 3.05) is 5.32 Å². The van der Waals surface area contributed by atoms with Gasteiger partial charge in [0.25, 0.3) is 0 Å². The van der Waals surface area contributed by atoms with E-state index in [1.807, 2.05) is 42.5 Å². The highest BCUT2D eigenvalue weighted by atomic mass is 16.5. The number of nitriles is 2. The Morgan fingerprint density at radius 2 is 1.80 bits per heavy atom. The molecule has 1 aromatic heterocycles. The van der Waals surface area contributed by atoms with Crippen LogP contribution < -0.4 is 10.1 Å². The third-order valence-corrected chi connectivity index (χ3v) is 3.36. The van der Waals surface area contributed by atoms with Gasteiger partial charge >= 0.3 is 0 Å². The molecule has 0 amide bonds. The molecule has 2 aromatic carbocycles. The van der Waals surface area contributed by atoms with Crippen LogP contribution >= 0.6 is 0 Å². The van der Waals surface area contributed by atoms with Crippen LogP contribution in [0.2, 0.25) is 0 Å². The van der Waals surface area contributed by atoms with Crippen molar-refractivity contribution in [3.63, 3.8) is 0 Å². The van der Waals surface area contributed by atoms with Crippen molar-refractivity contribution in [2.24, 2.45) is 0 Å². The Balaban J connectivity index is 1.71. The van der Waals surface area contributed by atoms with Crippen LogP contribution in [0.3, 0.4) is 0 Å². The minimum Gasteiger partial charge on any atom is -0.489 e. The SMILES string of the molecule is N#Cc1cccc(COc2cccc(Nc3nccnc3C#N)c2)c1. The van der Waals surface area contributed by atoms with Crippen molar-refractivity contribution < 1.29 is 4.74 Å². The zero-order valence-electron chi connectivity index (χ0n) is 13.2. The Morgan fingerprint density at radius 3 is 2.64 bits per heavy atom. The topological polar surface area (TPSA) is 94.6 Å². The normalized spacial score (nSPS) is 9.68. The Hall–Kier alpha value is -3.90. The Morgan fingerprint density at radius 1 is 0.960 bits per heavy atom. The van der Waals surface area contributed by atoms with Crippen LogP contribution in [0.15, 0.2) is 60.9 Å². The zero-order chi connectivity index (χ0) is 17.5. The van der Waals surface area contributed by atoms with Gasteiger partial charge in [0.05, 0.1) is 11.6 Å². The van der Waals surface area contributed by atoms with Crippen LogP contribution in [0.4, 0.5) is 11.5 Å². The van der Waals surface area contributed by atoms with Gasteiger partial charge in [-0.3, -0.25) is 0 Å². The van der Waals surface area contributed by atoms with Crippen LogP contribution in [0.1, 0.15) is 16.8 Å². The molecule has 1 heterocycles. The van der Waals surface area contributed by atoms with Crippen LogP contribution in [-0.4, -0.2) is 9.97 Å². The smallest absolute Gasteiger partial charge is 0.183 e. The molecule has 3 aromatic rings. The van der Waals surface area contributed by atoms with E-state index >= 15 is 0 Å². The van der Waals surface area contributed by atoms with Crippen molar-refractivity contribution >= 4 is 11.5 Å². The van der Waals surface area contributed by atoms with Crippen molar-refractivity contribution in [1.29, 1.82) is 10.5 Å². The fraction of sp³-hybridized carbons (Fsp3) is 0.0526. The number of hydrogen-bond donors (Lipinski definition) is 1. The quantitative estimate of drug-likeness (QED) is 0.770. The summed E-state index contributed by atoms with van der Waals surface area (Å²) in [6.07, 6.45) is 2.99. The molecule has 0 aliphatic rings. The highest BCUT2D eigenvalue weighted by Gasteiger charge is 2.05. The maximum absolute atomic E-state index is 9.06. The molecule has 0 fully saturated rings. The fourth-order valence-electron chi connectivity index (χ4n) is 2.21. The number of rotatable bonds is 5. The molecule has 0 bridgehead atoms. The summed E-state index contributed by atoms with van der Waals surface area (Å²) >= 11 is 0. The first kappa shape index (κ1) is 16.0. The van der Waals surface area contributed by atoms with Crippen LogP contribution in [0.25, 0.3) is 0 Å². The maximum atomic E-state index is 9.06. The van der Waals surface area contributed by atoms with Crippen LogP contribution in [0, 0.1) is 22.7 Å². The van der Waals surface area contributed by atoms with Gasteiger partial charge in [0.1, 0.15) is 18.4 Å². The van der Waals surface area contributed by atoms with Gasteiger partial charge in [-0.15, -0.1) is 0 Å². The number of anilines is 2. The van der Waals surface area contributed by atoms with Gasteiger partial charge in [-0.2, -0.15) is 10.5 Å². The van der Waals surface area contributed by atoms with Gasteiger partial charge in [0, 0.05) is 24.1 Å². The van der Waals surface area contributed by atoms with E-state index in [1.54, 1.807) is 12.1 Å². The minimum absolute atomic E-state index is 0.224. The Bertz CT molecular complexity index is 972. The number of hydrogen-bond acceptors (Lipinski definition) is 6. The molecule has 0 radical (unpaired) electrons. The first-order valence-electron chi connectivity index (χ1n) is 7.48. The molecule has 6 heteroatoms. The third kappa shape index (κ3) is 4.10. The lowest BCUT2D eigenvalue weighted by molar-refractivity contribution is 0.306. The first-order valence-corrected chi connectivity index (χ1v) is 7.48. The van der Waals surface area contributed by atoms with Crippen LogP contribution in [0.5, 0.6) is 5.75 Å². The molecular formula is C19H13N5O. The molecule has 0 atom stereocenters. The van der Waals surface area contributed by atoms with E-state index in [4.69, 9.17) is 15.3 Å². The lowest BCUT2D eigenvalue weighted by Crippen LogP contribution is -2.00. The molecular weight excluding hydrogens is 314 g/mol. The summed E-state index contributed by atoms with van der Waals surface area (Å²) in [4.78, 5) is 8.08. The van der Waals surface area contributed by atoms with Gasteiger partial charge in [-0.1, -0.05) is 18.2 Å². The van der Waals surface area contributed by atoms with E-state index in [0.29, 0.717) is 23.7 Å². The third-order valence-electron chi connectivity index (χ3n) is 3.36. The molecule has 0 aliphatic heterocycles. The second-order valence-electron chi connectivity index (χ2n) is 5.12. The highest BCUT2D eigenvalue weighted by molar-refractivity contribution is 5.61. The molecule has 6 nitrogen and oxygen atoms in total. The molecule has 0 saturated carbocycles. The number of benzene rings is 2. The first-order chi connectivity index (χ1) is 12.3. The Labute approximate surface area is 145 Å². The average molecular weight is 327 g/mol. The molecule has 0 saturated heterocycles. The molecule has 0 aliphatic carbocycles. The molecule has 1 N–H and O–H groups in total. The zero-order valence-corrected chi connectivity index (χ0v) is 13.2. The Kier molecular flexibility index (Phi) is 4.84. The summed E-state index contributed by atoms with van der Waals surface area (Å²) in [5, 5.41) is 21.1. The van der Waals surface area contributed by atoms with E-state index in [0.717, 1.165) is 11.3 Å². The monoisotopic (exact) mass is 327 g/mol. The summed E-state index contributed by atoms with van der Waals surface area (Å²) in [5.41, 5.74) is 2.48. The highest BCUT2D eigenvalue weighted by Crippen LogP contribution is 2.22. The number of nitrogens with zero attached hydrogens (tertiary/aromatic N) is 4. The van der Waals surface area contributed by atoms with E-state index in [1.165, 1.54) is 12.4 Å². The second kappa shape index (κ2) is 7.58. The van der Waals surface area contributed by atoms with E-state index < -0.39 is 0 Å². The van der Waals surface area contributed by atoms with Gasteiger partial charge < -0.3 is 10.1 Å². The summed E-state index contributed by atoms with van der Waals surface area (Å²) in [5.74, 6) is 1.05. The predicted molar refractivity (Wildman–Crippen MR) is 92.0 cm³/mol. The van der Waals surface area contributed by atoms with Gasteiger partial charge in [-0.05, 0) is 29.8 Å². The number of ether oxygens (including phenoxy) is 1. The molecule has 0 unspecified atom stereocenters. The van der Waals surface area contributed by atoms with E-state index in [9.17, 15) is 0 Å². The maximum Gasteiger partial charge on any atom is 0.183 e. The van der Waals surface area contributed by atoms with Crippen molar-refractivity contribution in [3.8, 4) is 17.9 Å². The molecule has 120 valence electrons. The summed E-state index contributed by atoms with van der Waals surface area (Å²) in [6.45, 7) is 0.355. The molecule has 25 heavy (non-hydrogen) atoms. The van der Waals surface area contributed by atoms with Gasteiger partial charge in [0.15, 0.2) is 11.5 Å². The summed E-state index contributed by atoms with van der Waals surface area (Å²) in [7, 11) is 0.